The van der Waals surface area contributed by atoms with Gasteiger partial charge in [-0.05, 0) is 6.42 Å². The third-order valence-corrected chi connectivity index (χ3v) is 2.68. The zero-order valence-electron chi connectivity index (χ0n) is 5.91. The molecule has 3 nitrogen and oxygen atoms in total. The van der Waals surface area contributed by atoms with Crippen LogP contribution in [0.4, 0.5) is 0 Å². The van der Waals surface area contributed by atoms with E-state index in [-0.39, 0.29) is 11.9 Å². The Hall–Kier alpha value is -0.900. The molecule has 1 atom stereocenters. The van der Waals surface area contributed by atoms with Crippen LogP contribution in [-0.4, -0.2) is 10.9 Å². The number of thiazole rings is 1. The lowest BCUT2D eigenvalue weighted by Gasteiger charge is -2.04. The van der Waals surface area contributed by atoms with Gasteiger partial charge in [-0.25, -0.2) is 0 Å². The summed E-state index contributed by atoms with van der Waals surface area (Å²) in [5, 5.41) is 2.89. The normalized spacial score (nSPS) is 23.6. The lowest BCUT2D eigenvalue weighted by Crippen LogP contribution is -2.17. The van der Waals surface area contributed by atoms with Crippen LogP contribution in [0.2, 0.25) is 0 Å². The molecule has 0 spiro atoms. The van der Waals surface area contributed by atoms with E-state index >= 15 is 0 Å². The molecule has 1 unspecified atom stereocenters. The van der Waals surface area contributed by atoms with Gasteiger partial charge >= 0.3 is 0 Å². The van der Waals surface area contributed by atoms with Crippen molar-refractivity contribution in [2.24, 2.45) is 0 Å². The molecule has 2 heterocycles. The van der Waals surface area contributed by atoms with Crippen LogP contribution in [0.15, 0.2) is 11.7 Å². The van der Waals surface area contributed by atoms with Gasteiger partial charge in [0.05, 0.1) is 11.6 Å². The predicted octanol–water partition coefficient (Wildman–Crippen LogP) is 1.09. The lowest BCUT2D eigenvalue weighted by atomic mass is 10.2. The van der Waals surface area contributed by atoms with E-state index < -0.39 is 0 Å². The molecule has 1 aromatic rings. The maximum Gasteiger partial charge on any atom is 0.220 e. The van der Waals surface area contributed by atoms with Gasteiger partial charge in [0.2, 0.25) is 5.91 Å². The fourth-order valence-electron chi connectivity index (χ4n) is 1.23. The summed E-state index contributed by atoms with van der Waals surface area (Å²) in [7, 11) is 0. The predicted molar refractivity (Wildman–Crippen MR) is 42.2 cm³/mol. The highest BCUT2D eigenvalue weighted by molar-refractivity contribution is 7.09. The summed E-state index contributed by atoms with van der Waals surface area (Å²) in [6.07, 6.45) is 3.39. The summed E-state index contributed by atoms with van der Waals surface area (Å²) in [6, 6.07) is 0.231. The van der Waals surface area contributed by atoms with E-state index in [1.54, 1.807) is 16.8 Å². The monoisotopic (exact) mass is 168 g/mol. The van der Waals surface area contributed by atoms with Crippen LogP contribution < -0.4 is 5.32 Å². The van der Waals surface area contributed by atoms with Crippen LogP contribution >= 0.6 is 11.3 Å². The molecule has 0 bridgehead atoms. The third kappa shape index (κ3) is 1.26. The van der Waals surface area contributed by atoms with E-state index in [0.717, 1.165) is 11.3 Å². The summed E-state index contributed by atoms with van der Waals surface area (Å²) in [4.78, 5) is 15.9. The Balaban J connectivity index is 2.13. The van der Waals surface area contributed by atoms with E-state index in [1.807, 2.05) is 6.20 Å². The second-order valence-electron chi connectivity index (χ2n) is 2.56. The van der Waals surface area contributed by atoms with Gasteiger partial charge in [0.1, 0.15) is 0 Å². The molecule has 0 aliphatic carbocycles. The molecular formula is C7H8N2OS. The molecular weight excluding hydrogens is 160 g/mol. The fourth-order valence-corrected chi connectivity index (χ4v) is 1.93. The maximum atomic E-state index is 10.8. The molecule has 2 rings (SSSR count). The highest BCUT2D eigenvalue weighted by Gasteiger charge is 2.22. The first-order valence-electron chi connectivity index (χ1n) is 3.54. The van der Waals surface area contributed by atoms with Gasteiger partial charge in [0.15, 0.2) is 0 Å². The molecule has 1 saturated heterocycles. The minimum atomic E-state index is 0.156. The summed E-state index contributed by atoms with van der Waals surface area (Å²) >= 11 is 1.60. The number of hydrogen-bond donors (Lipinski definition) is 1. The molecule has 1 aliphatic rings. The molecule has 0 aromatic carbocycles. The van der Waals surface area contributed by atoms with Crippen LogP contribution in [0.1, 0.15) is 23.8 Å². The van der Waals surface area contributed by atoms with Crippen molar-refractivity contribution >= 4 is 17.2 Å². The van der Waals surface area contributed by atoms with Gasteiger partial charge < -0.3 is 5.32 Å². The zero-order chi connectivity index (χ0) is 7.68. The number of rotatable bonds is 1. The van der Waals surface area contributed by atoms with Crippen molar-refractivity contribution in [2.45, 2.75) is 18.9 Å². The van der Waals surface area contributed by atoms with Gasteiger partial charge in [-0.2, -0.15) is 0 Å². The minimum Gasteiger partial charge on any atom is -0.348 e. The molecule has 1 fully saturated rings. The molecule has 11 heavy (non-hydrogen) atoms. The second-order valence-corrected chi connectivity index (χ2v) is 3.48. The number of carbonyl (C=O) groups excluding carboxylic acids is 1. The quantitative estimate of drug-likeness (QED) is 0.682. The van der Waals surface area contributed by atoms with Gasteiger partial charge in [0, 0.05) is 17.5 Å². The highest BCUT2D eigenvalue weighted by Crippen LogP contribution is 2.25. The van der Waals surface area contributed by atoms with Gasteiger partial charge in [0.25, 0.3) is 0 Å². The Bertz CT molecular complexity index is 257. The minimum absolute atomic E-state index is 0.156. The van der Waals surface area contributed by atoms with Gasteiger partial charge in [-0.1, -0.05) is 0 Å². The average molecular weight is 168 g/mol. The number of hydrogen-bond acceptors (Lipinski definition) is 3. The molecule has 1 N–H and O–H groups in total. The summed E-state index contributed by atoms with van der Waals surface area (Å²) < 4.78 is 0. The largest absolute Gasteiger partial charge is 0.348 e. The lowest BCUT2D eigenvalue weighted by molar-refractivity contribution is -0.119. The van der Waals surface area contributed by atoms with Crippen molar-refractivity contribution in [3.63, 3.8) is 0 Å². The van der Waals surface area contributed by atoms with Crippen molar-refractivity contribution in [3.05, 3.63) is 16.6 Å². The standard InChI is InChI=1S/C7H8N2OS/c10-7-2-1-5(9-7)6-3-8-4-11-6/h3-5H,1-2H2,(H,9,10). The van der Waals surface area contributed by atoms with E-state index in [9.17, 15) is 4.79 Å². The zero-order valence-corrected chi connectivity index (χ0v) is 6.73. The fraction of sp³-hybridized carbons (Fsp3) is 0.429. The van der Waals surface area contributed by atoms with Crippen LogP contribution in [-0.2, 0) is 4.79 Å². The first kappa shape index (κ1) is 6.79. The van der Waals surface area contributed by atoms with Crippen molar-refractivity contribution in [1.29, 1.82) is 0 Å². The van der Waals surface area contributed by atoms with E-state index in [0.29, 0.717) is 6.42 Å². The van der Waals surface area contributed by atoms with Crippen molar-refractivity contribution < 1.29 is 4.79 Å². The molecule has 4 heteroatoms. The molecule has 1 aliphatic heterocycles. The summed E-state index contributed by atoms with van der Waals surface area (Å²) in [5.41, 5.74) is 1.79. The van der Waals surface area contributed by atoms with Gasteiger partial charge in [-0.15, -0.1) is 11.3 Å². The van der Waals surface area contributed by atoms with E-state index in [2.05, 4.69) is 10.3 Å². The van der Waals surface area contributed by atoms with Crippen LogP contribution in [0.5, 0.6) is 0 Å². The maximum absolute atomic E-state index is 10.8. The second kappa shape index (κ2) is 2.62. The van der Waals surface area contributed by atoms with Crippen LogP contribution in [0.25, 0.3) is 0 Å². The number of aromatic nitrogens is 1. The topological polar surface area (TPSA) is 42.0 Å². The molecule has 0 radical (unpaired) electrons. The highest BCUT2D eigenvalue weighted by atomic mass is 32.1. The first-order valence-corrected chi connectivity index (χ1v) is 4.42. The number of nitrogens with zero attached hydrogens (tertiary/aromatic N) is 1. The number of amides is 1. The SMILES string of the molecule is O=C1CCC(c2cncs2)N1. The Labute approximate surface area is 68.5 Å². The van der Waals surface area contributed by atoms with Crippen molar-refractivity contribution in [3.8, 4) is 0 Å². The molecule has 1 amide bonds. The Morgan fingerprint density at radius 1 is 1.73 bits per heavy atom. The van der Waals surface area contributed by atoms with E-state index in [1.165, 1.54) is 0 Å². The Morgan fingerprint density at radius 3 is 3.18 bits per heavy atom. The first-order chi connectivity index (χ1) is 5.36. The van der Waals surface area contributed by atoms with Crippen LogP contribution in [0, 0.1) is 0 Å². The summed E-state index contributed by atoms with van der Waals surface area (Å²) in [5.74, 6) is 0.156. The average Bonchev–Trinajstić information content (AvgIpc) is 2.55. The third-order valence-electron chi connectivity index (χ3n) is 1.79. The molecule has 0 saturated carbocycles. The van der Waals surface area contributed by atoms with Crippen LogP contribution in [0.3, 0.4) is 0 Å². The van der Waals surface area contributed by atoms with Crippen molar-refractivity contribution in [2.75, 3.05) is 0 Å². The number of nitrogens with one attached hydrogen (secondary N) is 1. The Kier molecular flexibility index (Phi) is 1.62. The molecule has 1 aromatic heterocycles. The van der Waals surface area contributed by atoms with Crippen molar-refractivity contribution in [1.82, 2.24) is 10.3 Å². The van der Waals surface area contributed by atoms with Gasteiger partial charge in [-0.3, -0.25) is 9.78 Å². The smallest absolute Gasteiger partial charge is 0.220 e. The Morgan fingerprint density at radius 2 is 2.64 bits per heavy atom. The summed E-state index contributed by atoms with van der Waals surface area (Å²) in [6.45, 7) is 0. The number of carbonyl (C=O) groups is 1. The molecule has 58 valence electrons. The van der Waals surface area contributed by atoms with E-state index in [4.69, 9.17) is 0 Å².